The zero-order valence-electron chi connectivity index (χ0n) is 15.8. The van der Waals surface area contributed by atoms with Crippen molar-refractivity contribution in [2.24, 2.45) is 0 Å². The molecule has 3 aromatic heterocycles. The third kappa shape index (κ3) is 4.17. The SMILES string of the molecule is Cc1noc(CCCSc2nnc(-c3ccoc3C)n2Cc2ccccc2)n1. The highest BCUT2D eigenvalue weighted by atomic mass is 32.2. The minimum absolute atomic E-state index is 0.672. The highest BCUT2D eigenvalue weighted by molar-refractivity contribution is 7.99. The quantitative estimate of drug-likeness (QED) is 0.325. The summed E-state index contributed by atoms with van der Waals surface area (Å²) >= 11 is 1.69. The normalized spacial score (nSPS) is 11.2. The number of rotatable bonds is 8. The summed E-state index contributed by atoms with van der Waals surface area (Å²) in [7, 11) is 0. The molecule has 0 unspecified atom stereocenters. The third-order valence-electron chi connectivity index (χ3n) is 4.34. The number of furan rings is 1. The summed E-state index contributed by atoms with van der Waals surface area (Å²) in [6.45, 7) is 4.47. The second-order valence-electron chi connectivity index (χ2n) is 6.46. The number of hydrogen-bond donors (Lipinski definition) is 0. The Morgan fingerprint density at radius 3 is 2.64 bits per heavy atom. The standard InChI is InChI=1S/C20H21N5O2S/c1-14-17(10-11-26-14)19-22-23-20(25(19)13-16-7-4-3-5-8-16)28-12-6-9-18-21-15(2)24-27-18/h3-5,7-8,10-11H,6,9,12-13H2,1-2H3. The summed E-state index contributed by atoms with van der Waals surface area (Å²) in [5.41, 5.74) is 2.17. The number of thioether (sulfide) groups is 1. The fourth-order valence-electron chi connectivity index (χ4n) is 2.95. The first kappa shape index (κ1) is 18.5. The lowest BCUT2D eigenvalue weighted by atomic mass is 10.2. The summed E-state index contributed by atoms with van der Waals surface area (Å²) in [4.78, 5) is 4.25. The van der Waals surface area contributed by atoms with Crippen LogP contribution in [0.1, 0.15) is 29.5 Å². The summed E-state index contributed by atoms with van der Waals surface area (Å²) in [6, 6.07) is 12.3. The van der Waals surface area contributed by atoms with Gasteiger partial charge in [-0.3, -0.25) is 4.57 Å². The Labute approximate surface area is 167 Å². The largest absolute Gasteiger partial charge is 0.469 e. The molecule has 0 saturated heterocycles. The Morgan fingerprint density at radius 2 is 1.93 bits per heavy atom. The van der Waals surface area contributed by atoms with Gasteiger partial charge in [-0.05, 0) is 31.9 Å². The smallest absolute Gasteiger partial charge is 0.226 e. The van der Waals surface area contributed by atoms with Crippen molar-refractivity contribution < 1.29 is 8.94 Å². The Hall–Kier alpha value is -2.87. The summed E-state index contributed by atoms with van der Waals surface area (Å²) in [6.07, 6.45) is 3.37. The first-order valence-corrected chi connectivity index (χ1v) is 10.1. The molecule has 28 heavy (non-hydrogen) atoms. The first-order chi connectivity index (χ1) is 13.7. The number of aromatic nitrogens is 5. The van der Waals surface area contributed by atoms with E-state index >= 15 is 0 Å². The maximum absolute atomic E-state index is 5.47. The molecule has 0 aliphatic rings. The van der Waals surface area contributed by atoms with Crippen LogP contribution in [0, 0.1) is 13.8 Å². The van der Waals surface area contributed by atoms with Crippen LogP contribution in [0.2, 0.25) is 0 Å². The lowest BCUT2D eigenvalue weighted by molar-refractivity contribution is 0.374. The van der Waals surface area contributed by atoms with E-state index in [0.29, 0.717) is 18.3 Å². The van der Waals surface area contributed by atoms with E-state index < -0.39 is 0 Å². The van der Waals surface area contributed by atoms with Crippen molar-refractivity contribution in [1.82, 2.24) is 24.9 Å². The van der Waals surface area contributed by atoms with Crippen molar-refractivity contribution in [2.75, 3.05) is 5.75 Å². The summed E-state index contributed by atoms with van der Waals surface area (Å²) in [5.74, 6) is 3.90. The van der Waals surface area contributed by atoms with Gasteiger partial charge in [-0.2, -0.15) is 4.98 Å². The lowest BCUT2D eigenvalue weighted by Gasteiger charge is -2.10. The molecule has 0 spiro atoms. The van der Waals surface area contributed by atoms with Gasteiger partial charge < -0.3 is 8.94 Å². The van der Waals surface area contributed by atoms with Gasteiger partial charge in [0.25, 0.3) is 0 Å². The molecule has 0 fully saturated rings. The Kier molecular flexibility index (Phi) is 5.57. The zero-order chi connectivity index (χ0) is 19.3. The van der Waals surface area contributed by atoms with E-state index in [2.05, 4.69) is 37.0 Å². The van der Waals surface area contributed by atoms with Gasteiger partial charge in [0.2, 0.25) is 5.89 Å². The Balaban J connectivity index is 1.51. The van der Waals surface area contributed by atoms with Crippen LogP contribution in [0.3, 0.4) is 0 Å². The summed E-state index contributed by atoms with van der Waals surface area (Å²) < 4.78 is 12.8. The third-order valence-corrected chi connectivity index (χ3v) is 5.39. The van der Waals surface area contributed by atoms with Crippen LogP contribution in [0.5, 0.6) is 0 Å². The van der Waals surface area contributed by atoms with Crippen molar-refractivity contribution in [3.63, 3.8) is 0 Å². The maximum atomic E-state index is 5.47. The second-order valence-corrected chi connectivity index (χ2v) is 7.52. The predicted octanol–water partition coefficient (Wildman–Crippen LogP) is 4.31. The van der Waals surface area contributed by atoms with Crippen LogP contribution in [-0.2, 0) is 13.0 Å². The predicted molar refractivity (Wildman–Crippen MR) is 106 cm³/mol. The molecule has 1 aromatic carbocycles. The van der Waals surface area contributed by atoms with Crippen LogP contribution in [0.25, 0.3) is 11.4 Å². The van der Waals surface area contributed by atoms with Crippen molar-refractivity contribution in [3.05, 3.63) is 65.7 Å². The molecule has 4 rings (SSSR count). The van der Waals surface area contributed by atoms with Gasteiger partial charge in [0, 0.05) is 12.2 Å². The average Bonchev–Trinajstić information content (AvgIpc) is 3.41. The van der Waals surface area contributed by atoms with E-state index in [1.807, 2.05) is 38.1 Å². The lowest BCUT2D eigenvalue weighted by Crippen LogP contribution is -2.04. The molecular weight excluding hydrogens is 374 g/mol. The Morgan fingerprint density at radius 1 is 1.07 bits per heavy atom. The van der Waals surface area contributed by atoms with Gasteiger partial charge >= 0.3 is 0 Å². The fraction of sp³-hybridized carbons (Fsp3) is 0.300. The van der Waals surface area contributed by atoms with E-state index in [4.69, 9.17) is 8.94 Å². The van der Waals surface area contributed by atoms with E-state index in [9.17, 15) is 0 Å². The molecule has 7 nitrogen and oxygen atoms in total. The van der Waals surface area contributed by atoms with Gasteiger partial charge in [0.15, 0.2) is 16.8 Å². The topological polar surface area (TPSA) is 82.8 Å². The first-order valence-electron chi connectivity index (χ1n) is 9.14. The van der Waals surface area contributed by atoms with Gasteiger partial charge in [0.1, 0.15) is 5.76 Å². The second kappa shape index (κ2) is 8.43. The fourth-order valence-corrected chi connectivity index (χ4v) is 3.83. The molecule has 0 aliphatic carbocycles. The molecule has 0 aliphatic heterocycles. The van der Waals surface area contributed by atoms with Gasteiger partial charge in [-0.15, -0.1) is 10.2 Å². The molecule has 0 bridgehead atoms. The van der Waals surface area contributed by atoms with Crippen molar-refractivity contribution in [1.29, 1.82) is 0 Å². The van der Waals surface area contributed by atoms with E-state index in [1.54, 1.807) is 18.0 Å². The highest BCUT2D eigenvalue weighted by Gasteiger charge is 2.18. The number of aryl methyl sites for hydroxylation is 3. The molecule has 0 amide bonds. The van der Waals surface area contributed by atoms with Crippen LogP contribution in [0.4, 0.5) is 0 Å². The molecule has 144 valence electrons. The van der Waals surface area contributed by atoms with Crippen LogP contribution in [-0.4, -0.2) is 30.7 Å². The van der Waals surface area contributed by atoms with Crippen molar-refractivity contribution in [2.45, 2.75) is 38.4 Å². The van der Waals surface area contributed by atoms with Crippen LogP contribution in [0.15, 0.2) is 56.8 Å². The molecule has 0 radical (unpaired) electrons. The molecule has 0 N–H and O–H groups in total. The van der Waals surface area contributed by atoms with Gasteiger partial charge in [0.05, 0.1) is 18.4 Å². The van der Waals surface area contributed by atoms with Crippen molar-refractivity contribution >= 4 is 11.8 Å². The minimum Gasteiger partial charge on any atom is -0.469 e. The summed E-state index contributed by atoms with van der Waals surface area (Å²) in [5, 5.41) is 13.6. The molecular formula is C20H21N5O2S. The maximum Gasteiger partial charge on any atom is 0.226 e. The number of hydrogen-bond acceptors (Lipinski definition) is 7. The van der Waals surface area contributed by atoms with Crippen LogP contribution < -0.4 is 0 Å². The van der Waals surface area contributed by atoms with Crippen LogP contribution >= 0.6 is 11.8 Å². The van der Waals surface area contributed by atoms with Gasteiger partial charge in [-0.25, -0.2) is 0 Å². The number of benzene rings is 1. The molecule has 4 aromatic rings. The van der Waals surface area contributed by atoms with E-state index in [0.717, 1.165) is 40.9 Å². The molecule has 0 saturated carbocycles. The molecule has 3 heterocycles. The molecule has 8 heteroatoms. The minimum atomic E-state index is 0.672. The monoisotopic (exact) mass is 395 g/mol. The van der Waals surface area contributed by atoms with E-state index in [-0.39, 0.29) is 0 Å². The van der Waals surface area contributed by atoms with E-state index in [1.165, 1.54) is 5.56 Å². The van der Waals surface area contributed by atoms with Gasteiger partial charge in [-0.1, -0.05) is 47.3 Å². The average molecular weight is 395 g/mol. The highest BCUT2D eigenvalue weighted by Crippen LogP contribution is 2.28. The molecule has 0 atom stereocenters. The Bertz CT molecular complexity index is 1040. The van der Waals surface area contributed by atoms with Crippen molar-refractivity contribution in [3.8, 4) is 11.4 Å². The number of nitrogens with zero attached hydrogens (tertiary/aromatic N) is 5. The zero-order valence-corrected chi connectivity index (χ0v) is 16.6.